The second-order valence-corrected chi connectivity index (χ2v) is 7.88. The lowest BCUT2D eigenvalue weighted by Gasteiger charge is -2.59. The van der Waals surface area contributed by atoms with Crippen molar-refractivity contribution in [2.45, 2.75) is 57.0 Å². The summed E-state index contributed by atoms with van der Waals surface area (Å²) < 4.78 is 17.3. The maximum Gasteiger partial charge on any atom is 0.315 e. The molecule has 114 valence electrons. The summed E-state index contributed by atoms with van der Waals surface area (Å²) in [5.41, 5.74) is -3.79. The van der Waals surface area contributed by atoms with E-state index in [1.54, 1.807) is 0 Å². The van der Waals surface area contributed by atoms with E-state index in [9.17, 15) is 14.7 Å². The Balaban J connectivity index is 1.85. The first-order valence-corrected chi connectivity index (χ1v) is 7.45. The Morgan fingerprint density at radius 3 is 2.67 bits per heavy atom. The fourth-order valence-corrected chi connectivity index (χ4v) is 6.40. The monoisotopic (exact) mass is 294 g/mol. The van der Waals surface area contributed by atoms with Crippen LogP contribution in [-0.4, -0.2) is 47.1 Å². The number of aliphatic hydroxyl groups excluding tert-OH is 1. The first-order chi connectivity index (χ1) is 9.70. The number of carbonyl (C=O) groups excluding carboxylic acids is 2. The number of carbonyl (C=O) groups is 2. The molecule has 5 aliphatic rings. The van der Waals surface area contributed by atoms with Gasteiger partial charge in [-0.3, -0.25) is 9.59 Å². The van der Waals surface area contributed by atoms with Crippen molar-refractivity contribution in [3.8, 4) is 0 Å². The standard InChI is InChI=1S/C15H18O6/c1-11-6-19-10(18)12(11,2)9-14-5-8(17)20-15(11,14)4-7(16)13(14,3)21-9/h7,9,16H,4-6H2,1-3H3/t7-,9?,11+,12-,13+,14?,15?/m0/s1. The van der Waals surface area contributed by atoms with Crippen molar-refractivity contribution in [3.63, 3.8) is 0 Å². The van der Waals surface area contributed by atoms with Crippen LogP contribution in [-0.2, 0) is 23.8 Å². The van der Waals surface area contributed by atoms with Crippen LogP contribution in [0.25, 0.3) is 0 Å². The van der Waals surface area contributed by atoms with Gasteiger partial charge in [-0.15, -0.1) is 0 Å². The Labute approximate surface area is 121 Å². The van der Waals surface area contributed by atoms with Crippen LogP contribution in [0, 0.1) is 16.2 Å². The first kappa shape index (κ1) is 12.4. The fraction of sp³-hybridized carbons (Fsp3) is 0.867. The Morgan fingerprint density at radius 1 is 1.24 bits per heavy atom. The average molecular weight is 294 g/mol. The van der Waals surface area contributed by atoms with Crippen LogP contribution in [0.3, 0.4) is 0 Å². The normalized spacial score (nSPS) is 66.3. The van der Waals surface area contributed by atoms with Gasteiger partial charge in [-0.25, -0.2) is 0 Å². The van der Waals surface area contributed by atoms with E-state index in [2.05, 4.69) is 0 Å². The van der Waals surface area contributed by atoms with E-state index in [0.717, 1.165) is 0 Å². The number of fused-ring (bicyclic) bond motifs is 2. The van der Waals surface area contributed by atoms with E-state index >= 15 is 0 Å². The Bertz CT molecular complexity index is 632. The molecule has 7 atom stereocenters. The summed E-state index contributed by atoms with van der Waals surface area (Å²) >= 11 is 0. The zero-order chi connectivity index (χ0) is 15.1. The summed E-state index contributed by atoms with van der Waals surface area (Å²) in [6, 6.07) is 0. The van der Waals surface area contributed by atoms with Crippen molar-refractivity contribution in [1.82, 2.24) is 0 Å². The first-order valence-electron chi connectivity index (χ1n) is 7.45. The van der Waals surface area contributed by atoms with E-state index in [0.29, 0.717) is 6.42 Å². The van der Waals surface area contributed by atoms with Gasteiger partial charge in [0.25, 0.3) is 0 Å². The van der Waals surface area contributed by atoms with Gasteiger partial charge in [0.2, 0.25) is 0 Å². The molecule has 5 fully saturated rings. The third-order valence-corrected chi connectivity index (χ3v) is 7.72. The molecule has 21 heavy (non-hydrogen) atoms. The molecular weight excluding hydrogens is 276 g/mol. The minimum Gasteiger partial charge on any atom is -0.464 e. The minimum atomic E-state index is -0.866. The van der Waals surface area contributed by atoms with E-state index in [4.69, 9.17) is 14.2 Å². The van der Waals surface area contributed by atoms with Gasteiger partial charge in [-0.05, 0) is 13.8 Å². The third-order valence-electron chi connectivity index (χ3n) is 7.72. The molecule has 0 bridgehead atoms. The molecule has 0 amide bonds. The fourth-order valence-electron chi connectivity index (χ4n) is 6.40. The van der Waals surface area contributed by atoms with Crippen LogP contribution >= 0.6 is 0 Å². The van der Waals surface area contributed by atoms with Gasteiger partial charge < -0.3 is 19.3 Å². The molecule has 6 heteroatoms. The minimum absolute atomic E-state index is 0.208. The molecule has 0 aromatic heterocycles. The molecule has 2 aliphatic carbocycles. The topological polar surface area (TPSA) is 82.1 Å². The molecule has 3 heterocycles. The van der Waals surface area contributed by atoms with Gasteiger partial charge in [-0.1, -0.05) is 6.92 Å². The van der Waals surface area contributed by atoms with Crippen molar-refractivity contribution in [3.05, 3.63) is 0 Å². The lowest BCUT2D eigenvalue weighted by atomic mass is 9.60. The van der Waals surface area contributed by atoms with Gasteiger partial charge in [0.1, 0.15) is 23.2 Å². The SMILES string of the molecule is C[C@@]12COC(=O)[C@]1(C)C1O[C@]3(C)[C@@H](O)CC24OC(=O)CC143. The van der Waals surface area contributed by atoms with Crippen molar-refractivity contribution in [2.75, 3.05) is 6.61 Å². The molecule has 1 spiro atoms. The number of esters is 2. The van der Waals surface area contributed by atoms with E-state index in [1.807, 2.05) is 20.8 Å². The maximum absolute atomic E-state index is 12.4. The second-order valence-electron chi connectivity index (χ2n) is 7.88. The lowest BCUT2D eigenvalue weighted by Crippen LogP contribution is -2.72. The summed E-state index contributed by atoms with van der Waals surface area (Å²) in [6.07, 6.45) is -0.601. The zero-order valence-corrected chi connectivity index (χ0v) is 12.3. The summed E-state index contributed by atoms with van der Waals surface area (Å²) in [7, 11) is 0. The molecule has 0 radical (unpaired) electrons. The smallest absolute Gasteiger partial charge is 0.315 e. The highest BCUT2D eigenvalue weighted by Crippen LogP contribution is 2.86. The summed E-state index contributed by atoms with van der Waals surface area (Å²) in [4.78, 5) is 24.5. The number of hydrogen-bond acceptors (Lipinski definition) is 6. The number of aliphatic hydroxyl groups is 1. The molecule has 0 aromatic carbocycles. The van der Waals surface area contributed by atoms with Crippen molar-refractivity contribution < 1.29 is 28.9 Å². The van der Waals surface area contributed by atoms with Gasteiger partial charge in [0.15, 0.2) is 0 Å². The molecule has 0 aromatic rings. The van der Waals surface area contributed by atoms with Crippen LogP contribution in [0.15, 0.2) is 0 Å². The maximum atomic E-state index is 12.4. The highest BCUT2D eigenvalue weighted by atomic mass is 16.6. The van der Waals surface area contributed by atoms with Crippen LogP contribution in [0.5, 0.6) is 0 Å². The summed E-state index contributed by atoms with van der Waals surface area (Å²) in [6.45, 7) is 5.86. The lowest BCUT2D eigenvalue weighted by molar-refractivity contribution is -0.334. The van der Waals surface area contributed by atoms with E-state index in [-0.39, 0.29) is 25.0 Å². The molecule has 3 saturated heterocycles. The van der Waals surface area contributed by atoms with Crippen LogP contribution in [0.1, 0.15) is 33.6 Å². The van der Waals surface area contributed by atoms with Crippen LogP contribution < -0.4 is 0 Å². The van der Waals surface area contributed by atoms with E-state index in [1.165, 1.54) is 0 Å². The third kappa shape index (κ3) is 0.744. The summed E-state index contributed by atoms with van der Waals surface area (Å²) in [5.74, 6) is -0.540. The predicted octanol–water partition coefficient (Wildman–Crippen LogP) is 0.164. The molecular formula is C15H18O6. The molecule has 1 N–H and O–H groups in total. The van der Waals surface area contributed by atoms with Gasteiger partial charge in [0, 0.05) is 6.42 Å². The Morgan fingerprint density at radius 2 is 1.95 bits per heavy atom. The molecule has 3 unspecified atom stereocenters. The highest BCUT2D eigenvalue weighted by molar-refractivity contribution is 5.86. The number of cyclic esters (lactones) is 1. The van der Waals surface area contributed by atoms with Crippen molar-refractivity contribution in [2.24, 2.45) is 16.2 Å². The average Bonchev–Trinajstić information content (AvgIpc) is 2.92. The van der Waals surface area contributed by atoms with Gasteiger partial charge in [0.05, 0.1) is 29.5 Å². The highest BCUT2D eigenvalue weighted by Gasteiger charge is 2.99. The zero-order valence-electron chi connectivity index (χ0n) is 12.3. The Hall–Kier alpha value is -1.14. The Kier molecular flexibility index (Phi) is 1.62. The number of hydrogen-bond donors (Lipinski definition) is 1. The van der Waals surface area contributed by atoms with Crippen LogP contribution in [0.4, 0.5) is 0 Å². The van der Waals surface area contributed by atoms with Crippen molar-refractivity contribution in [1.29, 1.82) is 0 Å². The van der Waals surface area contributed by atoms with E-state index < -0.39 is 39.7 Å². The summed E-state index contributed by atoms with van der Waals surface area (Å²) in [5, 5.41) is 10.5. The molecule has 3 aliphatic heterocycles. The van der Waals surface area contributed by atoms with Crippen LogP contribution in [0.2, 0.25) is 0 Å². The van der Waals surface area contributed by atoms with Crippen molar-refractivity contribution >= 4 is 11.9 Å². The number of rotatable bonds is 0. The quantitative estimate of drug-likeness (QED) is 0.641. The molecule has 2 saturated carbocycles. The molecule has 6 nitrogen and oxygen atoms in total. The predicted molar refractivity (Wildman–Crippen MR) is 66.9 cm³/mol. The van der Waals surface area contributed by atoms with Gasteiger partial charge >= 0.3 is 11.9 Å². The van der Waals surface area contributed by atoms with Gasteiger partial charge in [-0.2, -0.15) is 0 Å². The second kappa shape index (κ2) is 2.74. The largest absolute Gasteiger partial charge is 0.464 e. The number of ether oxygens (including phenoxy) is 3. The molecule has 5 rings (SSSR count).